The van der Waals surface area contributed by atoms with E-state index >= 15 is 0 Å². The SMILES string of the molecule is CC[C@@H](OS(C)(=O)=O)C(=O)O. The first-order valence-electron chi connectivity index (χ1n) is 2.98. The van der Waals surface area contributed by atoms with Gasteiger partial charge < -0.3 is 5.11 Å². The van der Waals surface area contributed by atoms with E-state index in [0.717, 1.165) is 6.26 Å². The highest BCUT2D eigenvalue weighted by atomic mass is 32.2. The summed E-state index contributed by atoms with van der Waals surface area (Å²) in [6.07, 6.45) is -0.314. The summed E-state index contributed by atoms with van der Waals surface area (Å²) in [5.74, 6) is -1.27. The van der Waals surface area contributed by atoms with Gasteiger partial charge in [0.2, 0.25) is 0 Å². The first-order chi connectivity index (χ1) is 4.87. The highest BCUT2D eigenvalue weighted by Crippen LogP contribution is 2.01. The average molecular weight is 182 g/mol. The minimum atomic E-state index is -3.66. The largest absolute Gasteiger partial charge is 0.479 e. The topological polar surface area (TPSA) is 80.7 Å². The molecule has 0 spiro atoms. The summed E-state index contributed by atoms with van der Waals surface area (Å²) < 4.78 is 25.1. The van der Waals surface area contributed by atoms with Crippen molar-refractivity contribution in [3.8, 4) is 0 Å². The van der Waals surface area contributed by atoms with Gasteiger partial charge in [-0.1, -0.05) is 6.92 Å². The average Bonchev–Trinajstić information content (AvgIpc) is 1.80. The molecule has 0 fully saturated rings. The molecule has 0 aliphatic carbocycles. The van der Waals surface area contributed by atoms with Crippen LogP contribution in [0.4, 0.5) is 0 Å². The lowest BCUT2D eigenvalue weighted by Crippen LogP contribution is -2.25. The van der Waals surface area contributed by atoms with E-state index in [9.17, 15) is 13.2 Å². The fourth-order valence-electron chi connectivity index (χ4n) is 0.495. The maximum absolute atomic E-state index is 10.4. The molecule has 0 aromatic rings. The van der Waals surface area contributed by atoms with Crippen molar-refractivity contribution in [1.29, 1.82) is 0 Å². The van der Waals surface area contributed by atoms with Crippen LogP contribution in [0.15, 0.2) is 0 Å². The number of carbonyl (C=O) groups is 1. The van der Waals surface area contributed by atoms with Gasteiger partial charge in [-0.15, -0.1) is 0 Å². The summed E-state index contributed by atoms with van der Waals surface area (Å²) >= 11 is 0. The maximum Gasteiger partial charge on any atom is 0.334 e. The van der Waals surface area contributed by atoms with Crippen molar-refractivity contribution in [3.63, 3.8) is 0 Å². The number of aliphatic carboxylic acids is 1. The molecule has 5 nitrogen and oxygen atoms in total. The van der Waals surface area contributed by atoms with Gasteiger partial charge in [0, 0.05) is 0 Å². The summed E-state index contributed by atoms with van der Waals surface area (Å²) in [5.41, 5.74) is 0. The quantitative estimate of drug-likeness (QED) is 0.610. The standard InChI is InChI=1S/C5H10O5S/c1-3-4(5(6)7)10-11(2,8)9/h4H,3H2,1-2H3,(H,6,7)/t4-/m1/s1. The zero-order valence-electron chi connectivity index (χ0n) is 6.27. The van der Waals surface area contributed by atoms with Gasteiger partial charge in [0.25, 0.3) is 10.1 Å². The molecule has 0 amide bonds. The van der Waals surface area contributed by atoms with Crippen LogP contribution in [0.1, 0.15) is 13.3 Å². The van der Waals surface area contributed by atoms with Crippen LogP contribution in [-0.4, -0.2) is 31.9 Å². The third-order valence-corrected chi connectivity index (χ3v) is 1.52. The zero-order chi connectivity index (χ0) is 9.07. The molecular weight excluding hydrogens is 172 g/mol. The Bertz CT molecular complexity index is 229. The smallest absolute Gasteiger partial charge is 0.334 e. The summed E-state index contributed by atoms with van der Waals surface area (Å²) in [7, 11) is -3.66. The number of hydrogen-bond donors (Lipinski definition) is 1. The number of carboxylic acids is 1. The second-order valence-corrected chi connectivity index (χ2v) is 3.64. The van der Waals surface area contributed by atoms with Gasteiger partial charge in [0.1, 0.15) is 0 Å². The van der Waals surface area contributed by atoms with Crippen molar-refractivity contribution >= 4 is 16.1 Å². The first kappa shape index (κ1) is 10.4. The van der Waals surface area contributed by atoms with E-state index < -0.39 is 22.2 Å². The highest BCUT2D eigenvalue weighted by Gasteiger charge is 2.20. The van der Waals surface area contributed by atoms with Crippen LogP contribution >= 0.6 is 0 Å². The molecule has 0 aromatic heterocycles. The number of carboxylic acid groups (broad SMARTS) is 1. The van der Waals surface area contributed by atoms with Crippen molar-refractivity contribution in [2.45, 2.75) is 19.4 Å². The number of hydrogen-bond acceptors (Lipinski definition) is 4. The van der Waals surface area contributed by atoms with Crippen LogP contribution < -0.4 is 0 Å². The third kappa shape index (κ3) is 4.74. The first-order valence-corrected chi connectivity index (χ1v) is 4.79. The summed E-state index contributed by atoms with van der Waals surface area (Å²) in [4.78, 5) is 10.2. The molecule has 0 aromatic carbocycles. The molecule has 1 N–H and O–H groups in total. The Labute approximate surface area is 65.1 Å². The molecular formula is C5H10O5S. The summed E-state index contributed by atoms with van der Waals surface area (Å²) in [6, 6.07) is 0. The van der Waals surface area contributed by atoms with Gasteiger partial charge in [-0.05, 0) is 6.42 Å². The van der Waals surface area contributed by atoms with E-state index in [1.165, 1.54) is 6.92 Å². The van der Waals surface area contributed by atoms with Crippen molar-refractivity contribution in [2.75, 3.05) is 6.26 Å². The monoisotopic (exact) mass is 182 g/mol. The fraction of sp³-hybridized carbons (Fsp3) is 0.800. The van der Waals surface area contributed by atoms with Crippen LogP contribution in [0.2, 0.25) is 0 Å². The van der Waals surface area contributed by atoms with Gasteiger partial charge in [-0.25, -0.2) is 4.79 Å². The van der Waals surface area contributed by atoms with Gasteiger partial charge in [-0.2, -0.15) is 8.42 Å². The van der Waals surface area contributed by atoms with Crippen molar-refractivity contribution in [1.82, 2.24) is 0 Å². The van der Waals surface area contributed by atoms with Crippen LogP contribution in [0.5, 0.6) is 0 Å². The van der Waals surface area contributed by atoms with Crippen LogP contribution in [0, 0.1) is 0 Å². The predicted octanol–water partition coefficient (Wildman–Crippen LogP) is -0.174. The lowest BCUT2D eigenvalue weighted by atomic mass is 10.3. The van der Waals surface area contributed by atoms with E-state index in [-0.39, 0.29) is 6.42 Å². The molecule has 0 bridgehead atoms. The van der Waals surface area contributed by atoms with Crippen LogP contribution in [-0.2, 0) is 19.1 Å². The Balaban J connectivity index is 4.22. The second kappa shape index (κ2) is 3.68. The minimum Gasteiger partial charge on any atom is -0.479 e. The molecule has 66 valence electrons. The molecule has 0 radical (unpaired) electrons. The molecule has 0 aliphatic heterocycles. The van der Waals surface area contributed by atoms with Gasteiger partial charge in [0.15, 0.2) is 6.10 Å². The number of rotatable bonds is 4. The molecule has 0 rings (SSSR count). The Morgan fingerprint density at radius 2 is 2.09 bits per heavy atom. The Kier molecular flexibility index (Phi) is 3.47. The minimum absolute atomic E-state index is 0.127. The van der Waals surface area contributed by atoms with Crippen molar-refractivity contribution in [3.05, 3.63) is 0 Å². The lowest BCUT2D eigenvalue weighted by molar-refractivity contribution is -0.145. The molecule has 0 unspecified atom stereocenters. The van der Waals surface area contributed by atoms with Crippen LogP contribution in [0.25, 0.3) is 0 Å². The van der Waals surface area contributed by atoms with Gasteiger partial charge >= 0.3 is 5.97 Å². The van der Waals surface area contributed by atoms with E-state index in [0.29, 0.717) is 0 Å². The lowest BCUT2D eigenvalue weighted by Gasteiger charge is -2.07. The molecule has 6 heteroatoms. The molecule has 11 heavy (non-hydrogen) atoms. The van der Waals surface area contributed by atoms with E-state index in [4.69, 9.17) is 5.11 Å². The van der Waals surface area contributed by atoms with Crippen molar-refractivity contribution < 1.29 is 22.5 Å². The Morgan fingerprint density at radius 3 is 2.18 bits per heavy atom. The zero-order valence-corrected chi connectivity index (χ0v) is 7.09. The van der Waals surface area contributed by atoms with Crippen molar-refractivity contribution in [2.24, 2.45) is 0 Å². The Morgan fingerprint density at radius 1 is 1.64 bits per heavy atom. The maximum atomic E-state index is 10.4. The summed E-state index contributed by atoms with van der Waals surface area (Å²) in [6.45, 7) is 1.53. The van der Waals surface area contributed by atoms with Crippen LogP contribution in [0.3, 0.4) is 0 Å². The fourth-order valence-corrected chi connectivity index (χ4v) is 1.14. The molecule has 0 saturated carbocycles. The Hall–Kier alpha value is -0.620. The highest BCUT2D eigenvalue weighted by molar-refractivity contribution is 7.86. The second-order valence-electron chi connectivity index (χ2n) is 2.04. The molecule has 0 heterocycles. The summed E-state index contributed by atoms with van der Waals surface area (Å²) in [5, 5.41) is 8.35. The van der Waals surface area contributed by atoms with E-state index in [2.05, 4.69) is 4.18 Å². The molecule has 0 saturated heterocycles. The molecule has 1 atom stereocenters. The molecule has 0 aliphatic rings. The third-order valence-electron chi connectivity index (χ3n) is 0.937. The van der Waals surface area contributed by atoms with E-state index in [1.54, 1.807) is 0 Å². The van der Waals surface area contributed by atoms with Gasteiger partial charge in [-0.3, -0.25) is 4.18 Å². The predicted molar refractivity (Wildman–Crippen MR) is 37.6 cm³/mol. The van der Waals surface area contributed by atoms with E-state index in [1.807, 2.05) is 0 Å². The van der Waals surface area contributed by atoms with Gasteiger partial charge in [0.05, 0.1) is 6.26 Å². The normalized spacial score (nSPS) is 14.4.